The van der Waals surface area contributed by atoms with E-state index in [4.69, 9.17) is 21.0 Å². The standard InChI is InChI=1S/C22H18ClN3OS/c23-17-5-3-15(4-6-17)21-8-7-18(28-21)14-26-10-9-19-16(13-26)12-24-22(25-19)20-2-1-11-27-20/h1-8,11-12H,9-10,13-14H2. The Morgan fingerprint density at radius 1 is 1.11 bits per heavy atom. The second-order valence-electron chi connectivity index (χ2n) is 6.88. The van der Waals surface area contributed by atoms with Gasteiger partial charge >= 0.3 is 0 Å². The van der Waals surface area contributed by atoms with E-state index in [9.17, 15) is 0 Å². The number of nitrogens with zero attached hydrogens (tertiary/aromatic N) is 3. The highest BCUT2D eigenvalue weighted by atomic mass is 35.5. The van der Waals surface area contributed by atoms with Crippen LogP contribution >= 0.6 is 22.9 Å². The van der Waals surface area contributed by atoms with E-state index in [1.54, 1.807) is 6.26 Å². The van der Waals surface area contributed by atoms with Crippen molar-refractivity contribution in [1.82, 2.24) is 14.9 Å². The quantitative estimate of drug-likeness (QED) is 0.436. The first-order valence-corrected chi connectivity index (χ1v) is 10.4. The molecule has 0 saturated carbocycles. The van der Waals surface area contributed by atoms with E-state index in [-0.39, 0.29) is 0 Å². The van der Waals surface area contributed by atoms with Gasteiger partial charge in [-0.3, -0.25) is 4.90 Å². The molecule has 1 aliphatic rings. The Morgan fingerprint density at radius 2 is 2.00 bits per heavy atom. The Labute approximate surface area is 172 Å². The lowest BCUT2D eigenvalue weighted by Crippen LogP contribution is -2.30. The number of fused-ring (bicyclic) bond motifs is 1. The number of hydrogen-bond acceptors (Lipinski definition) is 5. The van der Waals surface area contributed by atoms with Crippen molar-refractivity contribution in [3.8, 4) is 22.0 Å². The van der Waals surface area contributed by atoms with Crippen molar-refractivity contribution < 1.29 is 4.42 Å². The summed E-state index contributed by atoms with van der Waals surface area (Å²) in [5.74, 6) is 1.39. The number of thiophene rings is 1. The van der Waals surface area contributed by atoms with Crippen LogP contribution in [0.3, 0.4) is 0 Å². The van der Waals surface area contributed by atoms with Gasteiger partial charge in [-0.25, -0.2) is 9.97 Å². The molecule has 4 heterocycles. The highest BCUT2D eigenvalue weighted by Gasteiger charge is 2.20. The van der Waals surface area contributed by atoms with Crippen molar-refractivity contribution >= 4 is 22.9 Å². The highest BCUT2D eigenvalue weighted by molar-refractivity contribution is 7.15. The number of benzene rings is 1. The normalized spacial score (nSPS) is 14.2. The molecule has 0 radical (unpaired) electrons. The van der Waals surface area contributed by atoms with Crippen LogP contribution in [-0.4, -0.2) is 21.4 Å². The molecule has 0 bridgehead atoms. The Bertz CT molecular complexity index is 1090. The number of halogens is 1. The third kappa shape index (κ3) is 3.61. The average Bonchev–Trinajstić information content (AvgIpc) is 3.41. The zero-order valence-corrected chi connectivity index (χ0v) is 16.7. The molecule has 4 nitrogen and oxygen atoms in total. The Hall–Kier alpha value is -2.47. The third-order valence-electron chi connectivity index (χ3n) is 4.92. The van der Waals surface area contributed by atoms with Crippen LogP contribution in [0.2, 0.25) is 5.02 Å². The summed E-state index contributed by atoms with van der Waals surface area (Å²) in [7, 11) is 0. The molecule has 0 spiro atoms. The first-order chi connectivity index (χ1) is 13.7. The summed E-state index contributed by atoms with van der Waals surface area (Å²) in [6, 6.07) is 16.2. The van der Waals surface area contributed by atoms with Crippen LogP contribution < -0.4 is 0 Å². The summed E-state index contributed by atoms with van der Waals surface area (Å²) in [6.07, 6.45) is 4.53. The van der Waals surface area contributed by atoms with Gasteiger partial charge in [0.25, 0.3) is 0 Å². The number of furan rings is 1. The molecule has 1 aliphatic heterocycles. The molecule has 28 heavy (non-hydrogen) atoms. The van der Waals surface area contributed by atoms with Crippen molar-refractivity contribution in [3.05, 3.63) is 82.1 Å². The molecule has 1 aromatic carbocycles. The van der Waals surface area contributed by atoms with Gasteiger partial charge in [0, 0.05) is 52.6 Å². The fourth-order valence-corrected chi connectivity index (χ4v) is 4.67. The summed E-state index contributed by atoms with van der Waals surface area (Å²) in [5, 5.41) is 0.768. The van der Waals surface area contributed by atoms with Gasteiger partial charge in [-0.2, -0.15) is 0 Å². The molecule has 4 aromatic rings. The zero-order chi connectivity index (χ0) is 18.9. The van der Waals surface area contributed by atoms with E-state index in [1.165, 1.54) is 20.9 Å². The number of hydrogen-bond donors (Lipinski definition) is 0. The van der Waals surface area contributed by atoms with Crippen molar-refractivity contribution in [2.45, 2.75) is 19.5 Å². The predicted molar refractivity (Wildman–Crippen MR) is 112 cm³/mol. The van der Waals surface area contributed by atoms with E-state index in [0.717, 1.165) is 42.5 Å². The summed E-state index contributed by atoms with van der Waals surface area (Å²) in [5.41, 5.74) is 3.55. The zero-order valence-electron chi connectivity index (χ0n) is 15.1. The van der Waals surface area contributed by atoms with Crippen LogP contribution in [0.1, 0.15) is 16.1 Å². The Balaban J connectivity index is 1.29. The van der Waals surface area contributed by atoms with Gasteiger partial charge in [0.15, 0.2) is 11.6 Å². The maximum absolute atomic E-state index is 5.99. The molecule has 5 rings (SSSR count). The lowest BCUT2D eigenvalue weighted by Gasteiger charge is -2.27. The highest BCUT2D eigenvalue weighted by Crippen LogP contribution is 2.30. The fourth-order valence-electron chi connectivity index (χ4n) is 3.49. The molecule has 0 N–H and O–H groups in total. The summed E-state index contributed by atoms with van der Waals surface area (Å²) >= 11 is 7.83. The van der Waals surface area contributed by atoms with Crippen LogP contribution in [0.4, 0.5) is 0 Å². The first kappa shape index (κ1) is 17.6. The molecule has 140 valence electrons. The topological polar surface area (TPSA) is 42.2 Å². The monoisotopic (exact) mass is 407 g/mol. The lowest BCUT2D eigenvalue weighted by molar-refractivity contribution is 0.245. The van der Waals surface area contributed by atoms with Gasteiger partial charge in [0.05, 0.1) is 12.0 Å². The van der Waals surface area contributed by atoms with Gasteiger partial charge in [-0.15, -0.1) is 11.3 Å². The van der Waals surface area contributed by atoms with Crippen LogP contribution in [0, 0.1) is 0 Å². The van der Waals surface area contributed by atoms with E-state index in [2.05, 4.69) is 34.1 Å². The van der Waals surface area contributed by atoms with Crippen LogP contribution in [0.5, 0.6) is 0 Å². The Kier molecular flexibility index (Phi) is 4.72. The van der Waals surface area contributed by atoms with Gasteiger partial charge < -0.3 is 4.42 Å². The van der Waals surface area contributed by atoms with Crippen molar-refractivity contribution in [1.29, 1.82) is 0 Å². The molecule has 3 aromatic heterocycles. The van der Waals surface area contributed by atoms with Gasteiger partial charge in [0.1, 0.15) is 0 Å². The summed E-state index contributed by atoms with van der Waals surface area (Å²) in [4.78, 5) is 14.3. The molecule has 0 unspecified atom stereocenters. The average molecular weight is 408 g/mol. The van der Waals surface area contributed by atoms with Crippen LogP contribution in [0.15, 0.2) is 65.4 Å². The lowest BCUT2D eigenvalue weighted by atomic mass is 10.1. The molecule has 0 fully saturated rings. The molecule has 0 aliphatic carbocycles. The molecule has 0 atom stereocenters. The first-order valence-electron chi connectivity index (χ1n) is 9.20. The molecular formula is C22H18ClN3OS. The minimum atomic E-state index is 0.670. The Morgan fingerprint density at radius 3 is 2.82 bits per heavy atom. The van der Waals surface area contributed by atoms with Crippen molar-refractivity contribution in [2.24, 2.45) is 0 Å². The van der Waals surface area contributed by atoms with Crippen molar-refractivity contribution in [2.75, 3.05) is 6.54 Å². The van der Waals surface area contributed by atoms with E-state index in [0.29, 0.717) is 5.82 Å². The maximum atomic E-state index is 5.99. The fraction of sp³-hybridized carbons (Fsp3) is 0.182. The number of aromatic nitrogens is 2. The maximum Gasteiger partial charge on any atom is 0.195 e. The largest absolute Gasteiger partial charge is 0.461 e. The van der Waals surface area contributed by atoms with E-state index >= 15 is 0 Å². The van der Waals surface area contributed by atoms with E-state index < -0.39 is 0 Å². The molecule has 0 saturated heterocycles. The minimum absolute atomic E-state index is 0.670. The molecule has 0 amide bonds. The SMILES string of the molecule is Clc1ccc(-c2ccc(CN3CCc4nc(-c5ccco5)ncc4C3)s2)cc1. The third-order valence-corrected chi connectivity index (χ3v) is 6.30. The number of rotatable bonds is 4. The molecular weight excluding hydrogens is 390 g/mol. The smallest absolute Gasteiger partial charge is 0.195 e. The van der Waals surface area contributed by atoms with Gasteiger partial charge in [-0.1, -0.05) is 23.7 Å². The van der Waals surface area contributed by atoms with Crippen LogP contribution in [-0.2, 0) is 19.5 Å². The minimum Gasteiger partial charge on any atom is -0.461 e. The second kappa shape index (κ2) is 7.51. The van der Waals surface area contributed by atoms with E-state index in [1.807, 2.05) is 41.8 Å². The van der Waals surface area contributed by atoms with Gasteiger partial charge in [-0.05, 0) is 42.0 Å². The summed E-state index contributed by atoms with van der Waals surface area (Å²) in [6.45, 7) is 2.81. The van der Waals surface area contributed by atoms with Gasteiger partial charge in [0.2, 0.25) is 0 Å². The summed E-state index contributed by atoms with van der Waals surface area (Å²) < 4.78 is 5.41. The second-order valence-corrected chi connectivity index (χ2v) is 8.48. The van der Waals surface area contributed by atoms with Crippen LogP contribution in [0.25, 0.3) is 22.0 Å². The predicted octanol–water partition coefficient (Wildman–Crippen LogP) is 5.68. The molecule has 6 heteroatoms. The van der Waals surface area contributed by atoms with Crippen molar-refractivity contribution in [3.63, 3.8) is 0 Å².